The number of hydrogen-bond acceptors (Lipinski definition) is 4. The van der Waals surface area contributed by atoms with Gasteiger partial charge in [-0.1, -0.05) is 13.8 Å². The van der Waals surface area contributed by atoms with Gasteiger partial charge >= 0.3 is 0 Å². The number of methoxy groups -OCH3 is 2. The quantitative estimate of drug-likeness (QED) is 0.743. The Morgan fingerprint density at radius 1 is 1.29 bits per heavy atom. The second-order valence-electron chi connectivity index (χ2n) is 3.22. The van der Waals surface area contributed by atoms with Gasteiger partial charge in [-0.05, 0) is 6.92 Å². The smallest absolute Gasteiger partial charge is 0.166 e. The summed E-state index contributed by atoms with van der Waals surface area (Å²) in [4.78, 5) is 0. The summed E-state index contributed by atoms with van der Waals surface area (Å²) >= 11 is 0. The van der Waals surface area contributed by atoms with E-state index < -0.39 is 5.72 Å². The molecule has 4 nitrogen and oxygen atoms in total. The molecule has 0 aromatic heterocycles. The zero-order chi connectivity index (χ0) is 11.0. The van der Waals surface area contributed by atoms with Gasteiger partial charge in [0.25, 0.3) is 0 Å². The van der Waals surface area contributed by atoms with Crippen LogP contribution in [0.4, 0.5) is 0 Å². The van der Waals surface area contributed by atoms with Gasteiger partial charge in [-0.25, -0.2) is 0 Å². The van der Waals surface area contributed by atoms with Crippen LogP contribution in [0.2, 0.25) is 0 Å². The number of ether oxygens (including phenoxy) is 3. The SMILES string of the molecule is CC.COCC1(COC)NC(C)CO1. The van der Waals surface area contributed by atoms with E-state index in [-0.39, 0.29) is 0 Å². The van der Waals surface area contributed by atoms with Crippen LogP contribution in [0.15, 0.2) is 0 Å². The zero-order valence-corrected chi connectivity index (χ0v) is 9.92. The highest BCUT2D eigenvalue weighted by atomic mass is 16.6. The molecule has 0 saturated carbocycles. The van der Waals surface area contributed by atoms with Crippen molar-refractivity contribution in [2.75, 3.05) is 34.0 Å². The van der Waals surface area contributed by atoms with Crippen molar-refractivity contribution in [1.29, 1.82) is 0 Å². The number of rotatable bonds is 4. The van der Waals surface area contributed by atoms with E-state index in [0.29, 0.717) is 25.9 Å². The van der Waals surface area contributed by atoms with Crippen molar-refractivity contribution in [2.24, 2.45) is 0 Å². The summed E-state index contributed by atoms with van der Waals surface area (Å²) in [5.74, 6) is 0. The first kappa shape index (κ1) is 13.8. The number of hydrogen-bond donors (Lipinski definition) is 1. The minimum absolute atomic E-state index is 0.371. The van der Waals surface area contributed by atoms with Crippen molar-refractivity contribution in [2.45, 2.75) is 32.5 Å². The fraction of sp³-hybridized carbons (Fsp3) is 1.00. The maximum Gasteiger partial charge on any atom is 0.166 e. The molecule has 1 heterocycles. The van der Waals surface area contributed by atoms with Crippen LogP contribution >= 0.6 is 0 Å². The molecule has 0 aromatic carbocycles. The fourth-order valence-electron chi connectivity index (χ4n) is 1.49. The molecule has 86 valence electrons. The third kappa shape index (κ3) is 3.92. The molecule has 1 unspecified atom stereocenters. The Morgan fingerprint density at radius 3 is 2.07 bits per heavy atom. The van der Waals surface area contributed by atoms with Crippen molar-refractivity contribution in [1.82, 2.24) is 5.32 Å². The average molecular weight is 205 g/mol. The summed E-state index contributed by atoms with van der Waals surface area (Å²) < 4.78 is 15.7. The van der Waals surface area contributed by atoms with E-state index in [0.717, 1.165) is 0 Å². The van der Waals surface area contributed by atoms with Crippen LogP contribution in [0.25, 0.3) is 0 Å². The third-order valence-electron chi connectivity index (χ3n) is 1.87. The molecule has 0 radical (unpaired) electrons. The highest BCUT2D eigenvalue weighted by Gasteiger charge is 2.38. The van der Waals surface area contributed by atoms with Gasteiger partial charge in [-0.3, -0.25) is 5.32 Å². The van der Waals surface area contributed by atoms with E-state index in [1.807, 2.05) is 13.8 Å². The van der Waals surface area contributed by atoms with Gasteiger partial charge in [0.05, 0.1) is 19.8 Å². The summed E-state index contributed by atoms with van der Waals surface area (Å²) in [5.41, 5.74) is -0.428. The van der Waals surface area contributed by atoms with Gasteiger partial charge in [-0.2, -0.15) is 0 Å². The molecule has 0 aliphatic carbocycles. The molecule has 1 aliphatic rings. The summed E-state index contributed by atoms with van der Waals surface area (Å²) in [5, 5.41) is 3.30. The van der Waals surface area contributed by atoms with Gasteiger partial charge in [0.15, 0.2) is 5.72 Å². The first-order chi connectivity index (χ1) is 6.72. The minimum atomic E-state index is -0.428. The van der Waals surface area contributed by atoms with Gasteiger partial charge in [-0.15, -0.1) is 0 Å². The van der Waals surface area contributed by atoms with E-state index in [4.69, 9.17) is 14.2 Å². The van der Waals surface area contributed by atoms with Gasteiger partial charge in [0, 0.05) is 20.3 Å². The Labute approximate surface area is 86.9 Å². The molecule has 1 N–H and O–H groups in total. The van der Waals surface area contributed by atoms with Crippen LogP contribution in [-0.2, 0) is 14.2 Å². The van der Waals surface area contributed by atoms with Crippen LogP contribution in [0.5, 0.6) is 0 Å². The molecular weight excluding hydrogens is 182 g/mol. The lowest BCUT2D eigenvalue weighted by molar-refractivity contribution is -0.102. The lowest BCUT2D eigenvalue weighted by atomic mass is 10.2. The van der Waals surface area contributed by atoms with Gasteiger partial charge in [0.2, 0.25) is 0 Å². The first-order valence-electron chi connectivity index (χ1n) is 5.12. The van der Waals surface area contributed by atoms with Crippen molar-refractivity contribution in [3.63, 3.8) is 0 Å². The van der Waals surface area contributed by atoms with Gasteiger partial charge < -0.3 is 14.2 Å². The van der Waals surface area contributed by atoms with E-state index >= 15 is 0 Å². The van der Waals surface area contributed by atoms with E-state index in [1.165, 1.54) is 0 Å². The van der Waals surface area contributed by atoms with Crippen LogP contribution in [0.3, 0.4) is 0 Å². The third-order valence-corrected chi connectivity index (χ3v) is 1.87. The average Bonchev–Trinajstić information content (AvgIpc) is 2.52. The van der Waals surface area contributed by atoms with Crippen molar-refractivity contribution < 1.29 is 14.2 Å². The molecule has 0 aromatic rings. The Morgan fingerprint density at radius 2 is 1.79 bits per heavy atom. The highest BCUT2D eigenvalue weighted by Crippen LogP contribution is 2.16. The zero-order valence-electron chi connectivity index (χ0n) is 9.92. The highest BCUT2D eigenvalue weighted by molar-refractivity contribution is 4.86. The summed E-state index contributed by atoms with van der Waals surface area (Å²) in [6, 6.07) is 0.371. The molecule has 14 heavy (non-hydrogen) atoms. The molecular formula is C10H23NO3. The Balaban J connectivity index is 0.000000791. The predicted octanol–water partition coefficient (Wildman–Crippen LogP) is 1.01. The normalized spacial score (nSPS) is 24.2. The molecule has 1 rings (SSSR count). The van der Waals surface area contributed by atoms with Crippen molar-refractivity contribution in [3.05, 3.63) is 0 Å². The maximum absolute atomic E-state index is 5.57. The molecule has 1 aliphatic heterocycles. The van der Waals surface area contributed by atoms with E-state index in [1.54, 1.807) is 14.2 Å². The van der Waals surface area contributed by atoms with Crippen LogP contribution < -0.4 is 5.32 Å². The van der Waals surface area contributed by atoms with Crippen molar-refractivity contribution in [3.8, 4) is 0 Å². The number of nitrogens with one attached hydrogen (secondary N) is 1. The maximum atomic E-state index is 5.57. The van der Waals surface area contributed by atoms with Gasteiger partial charge in [0.1, 0.15) is 0 Å². The molecule has 0 amide bonds. The van der Waals surface area contributed by atoms with Crippen LogP contribution in [0.1, 0.15) is 20.8 Å². The monoisotopic (exact) mass is 205 g/mol. The second kappa shape index (κ2) is 7.17. The molecule has 1 saturated heterocycles. The van der Waals surface area contributed by atoms with E-state index in [9.17, 15) is 0 Å². The van der Waals surface area contributed by atoms with Crippen LogP contribution in [0, 0.1) is 0 Å². The Hall–Kier alpha value is -0.160. The summed E-state index contributed by atoms with van der Waals surface area (Å²) in [6.45, 7) is 7.83. The predicted molar refractivity (Wildman–Crippen MR) is 56.4 cm³/mol. The molecule has 1 fully saturated rings. The standard InChI is InChI=1S/C8H17NO3.C2H6/c1-7-4-12-8(9-7,5-10-2)6-11-3;1-2/h7,9H,4-6H2,1-3H3;1-2H3. The van der Waals surface area contributed by atoms with E-state index in [2.05, 4.69) is 12.2 Å². The molecule has 0 bridgehead atoms. The molecule has 0 spiro atoms. The summed E-state index contributed by atoms with van der Waals surface area (Å²) in [7, 11) is 3.32. The molecule has 4 heteroatoms. The first-order valence-corrected chi connectivity index (χ1v) is 5.12. The van der Waals surface area contributed by atoms with Crippen molar-refractivity contribution >= 4 is 0 Å². The van der Waals surface area contributed by atoms with Crippen LogP contribution in [-0.4, -0.2) is 45.8 Å². The lowest BCUT2D eigenvalue weighted by Crippen LogP contribution is -2.51. The largest absolute Gasteiger partial charge is 0.380 e. The second-order valence-corrected chi connectivity index (χ2v) is 3.22. The minimum Gasteiger partial charge on any atom is -0.380 e. The molecule has 1 atom stereocenters. The fourth-order valence-corrected chi connectivity index (χ4v) is 1.49. The topological polar surface area (TPSA) is 39.7 Å². The Bertz CT molecular complexity index is 130. The Kier molecular flexibility index (Phi) is 7.09. The lowest BCUT2D eigenvalue weighted by Gasteiger charge is -2.27. The summed E-state index contributed by atoms with van der Waals surface area (Å²) in [6.07, 6.45) is 0.